The van der Waals surface area contributed by atoms with Crippen LogP contribution in [0.15, 0.2) is 66.2 Å². The molecule has 0 saturated heterocycles. The summed E-state index contributed by atoms with van der Waals surface area (Å²) in [6.45, 7) is 12.5. The van der Waals surface area contributed by atoms with Crippen molar-refractivity contribution in [3.63, 3.8) is 0 Å². The first kappa shape index (κ1) is 31.2. The monoisotopic (exact) mass is 641 g/mol. The second kappa shape index (κ2) is 11.1. The number of hydrogen-bond donors (Lipinski definition) is 2. The number of fused-ring (bicyclic) bond motifs is 4. The zero-order valence-electron chi connectivity index (χ0n) is 28.1. The highest BCUT2D eigenvalue weighted by Gasteiger charge is 2.36. The van der Waals surface area contributed by atoms with E-state index in [1.54, 1.807) is 6.07 Å². The predicted octanol–water partition coefficient (Wildman–Crippen LogP) is 6.64. The van der Waals surface area contributed by atoms with E-state index in [1.165, 1.54) is 12.7 Å². The minimum atomic E-state index is -0.145. The molecule has 4 heterocycles. The van der Waals surface area contributed by atoms with E-state index < -0.39 is 0 Å². The van der Waals surface area contributed by atoms with Crippen molar-refractivity contribution in [2.45, 2.75) is 67.2 Å². The Labute approximate surface area is 278 Å². The van der Waals surface area contributed by atoms with Crippen LogP contribution < -0.4 is 11.3 Å². The first-order valence-corrected chi connectivity index (χ1v) is 16.2. The van der Waals surface area contributed by atoms with E-state index in [0.29, 0.717) is 29.6 Å². The molecule has 0 amide bonds. The summed E-state index contributed by atoms with van der Waals surface area (Å²) in [5.41, 5.74) is 15.0. The lowest BCUT2D eigenvalue weighted by Crippen LogP contribution is -2.28. The molecule has 0 bridgehead atoms. The van der Waals surface area contributed by atoms with Crippen LogP contribution in [0.4, 0.5) is 5.82 Å². The molecule has 0 spiro atoms. The average molecular weight is 642 g/mol. The number of aromatic nitrogens is 6. The van der Waals surface area contributed by atoms with E-state index in [1.807, 2.05) is 50.4 Å². The second-order valence-corrected chi connectivity index (χ2v) is 14.8. The lowest BCUT2D eigenvalue weighted by molar-refractivity contribution is 0.0900. The van der Waals surface area contributed by atoms with Crippen molar-refractivity contribution in [3.8, 4) is 11.4 Å². The topological polar surface area (TPSA) is 142 Å². The SMILES string of the molecule is Cc1cn(-c2ccc3c(=O)[nH]cnc3c2)c2c1C(=O)CC(C)(C)C2.Cc1cn(-c2ccc3c(N)ncnc3c2)c2c1C(=O)CC(C)(C)C2. The molecule has 8 rings (SSSR count). The molecule has 3 N–H and O–H groups in total. The molecule has 10 heteroatoms. The second-order valence-electron chi connectivity index (χ2n) is 14.8. The highest BCUT2D eigenvalue weighted by Crippen LogP contribution is 2.39. The van der Waals surface area contributed by atoms with Gasteiger partial charge in [-0.3, -0.25) is 14.4 Å². The molecule has 0 fully saturated rings. The Morgan fingerprint density at radius 2 is 1.19 bits per heavy atom. The largest absolute Gasteiger partial charge is 0.383 e. The van der Waals surface area contributed by atoms with Crippen LogP contribution in [0, 0.1) is 24.7 Å². The number of aromatic amines is 1. The van der Waals surface area contributed by atoms with Crippen LogP contribution in [0.25, 0.3) is 33.2 Å². The first-order chi connectivity index (χ1) is 22.7. The summed E-state index contributed by atoms with van der Waals surface area (Å²) in [7, 11) is 0. The van der Waals surface area contributed by atoms with Gasteiger partial charge in [0.1, 0.15) is 12.1 Å². The van der Waals surface area contributed by atoms with Crippen LogP contribution >= 0.6 is 0 Å². The van der Waals surface area contributed by atoms with Crippen molar-refractivity contribution in [1.82, 2.24) is 29.1 Å². The molecule has 48 heavy (non-hydrogen) atoms. The number of anilines is 1. The predicted molar refractivity (Wildman–Crippen MR) is 187 cm³/mol. The van der Waals surface area contributed by atoms with Crippen molar-refractivity contribution in [3.05, 3.63) is 105 Å². The molecule has 2 aliphatic rings. The summed E-state index contributed by atoms with van der Waals surface area (Å²) < 4.78 is 4.20. The number of H-pyrrole nitrogens is 1. The van der Waals surface area contributed by atoms with E-state index in [2.05, 4.69) is 63.0 Å². The lowest BCUT2D eigenvalue weighted by Gasteiger charge is -2.30. The smallest absolute Gasteiger partial charge is 0.258 e. The molecule has 0 saturated carbocycles. The zero-order chi connectivity index (χ0) is 34.1. The van der Waals surface area contributed by atoms with Gasteiger partial charge in [-0.05, 0) is 85.0 Å². The Morgan fingerprint density at radius 1 is 0.688 bits per heavy atom. The third-order valence-electron chi connectivity index (χ3n) is 9.55. The number of ketones is 2. The molecule has 244 valence electrons. The van der Waals surface area contributed by atoms with Crippen molar-refractivity contribution in [2.24, 2.45) is 10.8 Å². The van der Waals surface area contributed by atoms with Gasteiger partial charge in [0, 0.05) is 64.5 Å². The molecule has 4 aromatic heterocycles. The minimum Gasteiger partial charge on any atom is -0.383 e. The van der Waals surface area contributed by atoms with Gasteiger partial charge in [0.25, 0.3) is 5.56 Å². The van der Waals surface area contributed by atoms with Gasteiger partial charge in [0.15, 0.2) is 11.6 Å². The highest BCUT2D eigenvalue weighted by atomic mass is 16.1. The van der Waals surface area contributed by atoms with Gasteiger partial charge in [0.2, 0.25) is 0 Å². The van der Waals surface area contributed by atoms with Crippen molar-refractivity contribution in [2.75, 3.05) is 5.73 Å². The number of aryl methyl sites for hydroxylation is 2. The fraction of sp³-hybridized carbons (Fsp3) is 0.316. The molecule has 0 unspecified atom stereocenters. The number of benzene rings is 2. The van der Waals surface area contributed by atoms with E-state index in [0.717, 1.165) is 68.8 Å². The summed E-state index contributed by atoms with van der Waals surface area (Å²) in [6.07, 6.45) is 9.87. The molecule has 10 nitrogen and oxygen atoms in total. The highest BCUT2D eigenvalue weighted by molar-refractivity contribution is 6.01. The summed E-state index contributed by atoms with van der Waals surface area (Å²) in [6, 6.07) is 11.5. The van der Waals surface area contributed by atoms with Gasteiger partial charge in [-0.1, -0.05) is 27.7 Å². The quantitative estimate of drug-likeness (QED) is 0.216. The standard InChI is InChI=1S/C19H20N4O.C19H19N3O2/c1-11-9-23(15-7-19(2,3)8-16(24)17(11)15)12-4-5-13-14(6-12)21-10-22-18(13)20;1-11-9-22(15-7-19(2,3)8-16(23)17(11)15)12-4-5-13-14(6-12)20-10-21-18(13)24/h4-6,9-10H,7-8H2,1-3H3,(H2,20,21,22);4-6,9-10H,7-8H2,1-3H3,(H,20,21,24). The van der Waals surface area contributed by atoms with Crippen LogP contribution in [0.2, 0.25) is 0 Å². The number of rotatable bonds is 2. The number of nitrogens with one attached hydrogen (secondary N) is 1. The van der Waals surface area contributed by atoms with Gasteiger partial charge in [-0.2, -0.15) is 0 Å². The van der Waals surface area contributed by atoms with Crippen molar-refractivity contribution in [1.29, 1.82) is 0 Å². The summed E-state index contributed by atoms with van der Waals surface area (Å²) in [5, 5.41) is 1.41. The Hall–Kier alpha value is -5.38. The molecule has 2 aliphatic carbocycles. The fourth-order valence-corrected chi connectivity index (χ4v) is 7.44. The van der Waals surface area contributed by atoms with Crippen LogP contribution in [0.3, 0.4) is 0 Å². The maximum absolute atomic E-state index is 12.6. The molecular formula is C38H39N7O3. The number of nitrogens with zero attached hydrogens (tertiary/aromatic N) is 5. The number of carbonyl (C=O) groups excluding carboxylic acids is 2. The van der Waals surface area contributed by atoms with Crippen LogP contribution in [0.1, 0.15) is 83.8 Å². The van der Waals surface area contributed by atoms with Crippen LogP contribution in [-0.2, 0) is 12.8 Å². The molecule has 0 atom stereocenters. The summed E-state index contributed by atoms with van der Waals surface area (Å²) in [4.78, 5) is 52.2. The number of hydrogen-bond acceptors (Lipinski definition) is 7. The Bertz CT molecular complexity index is 2360. The molecule has 6 aromatic rings. The number of nitrogen functional groups attached to an aromatic ring is 1. The number of nitrogens with two attached hydrogens (primary N) is 1. The Morgan fingerprint density at radius 3 is 1.73 bits per heavy atom. The fourth-order valence-electron chi connectivity index (χ4n) is 7.44. The van der Waals surface area contributed by atoms with E-state index >= 15 is 0 Å². The molecule has 2 aromatic carbocycles. The average Bonchev–Trinajstić information content (AvgIpc) is 3.52. The third kappa shape index (κ3) is 5.40. The van der Waals surface area contributed by atoms with E-state index in [4.69, 9.17) is 5.73 Å². The summed E-state index contributed by atoms with van der Waals surface area (Å²) >= 11 is 0. The van der Waals surface area contributed by atoms with Gasteiger partial charge in [-0.25, -0.2) is 15.0 Å². The Kier molecular flexibility index (Phi) is 7.23. The Balaban J connectivity index is 0.000000152. The summed E-state index contributed by atoms with van der Waals surface area (Å²) in [5.74, 6) is 0.936. The van der Waals surface area contributed by atoms with Crippen molar-refractivity contribution >= 4 is 39.2 Å². The van der Waals surface area contributed by atoms with Crippen LogP contribution in [-0.4, -0.2) is 40.6 Å². The minimum absolute atomic E-state index is 0.0178. The van der Waals surface area contributed by atoms with E-state index in [-0.39, 0.29) is 28.0 Å². The number of Topliss-reactive ketones (excluding diaryl/α,β-unsaturated/α-hetero) is 2. The number of carbonyl (C=O) groups is 2. The van der Waals surface area contributed by atoms with Crippen molar-refractivity contribution < 1.29 is 9.59 Å². The normalized spacial score (nSPS) is 16.4. The maximum atomic E-state index is 12.6. The van der Waals surface area contributed by atoms with Gasteiger partial charge in [-0.15, -0.1) is 0 Å². The van der Waals surface area contributed by atoms with Gasteiger partial charge < -0.3 is 19.9 Å². The molecule has 0 aliphatic heterocycles. The lowest BCUT2D eigenvalue weighted by atomic mass is 9.75. The van der Waals surface area contributed by atoms with Gasteiger partial charge >= 0.3 is 0 Å². The maximum Gasteiger partial charge on any atom is 0.258 e. The van der Waals surface area contributed by atoms with Crippen LogP contribution in [0.5, 0.6) is 0 Å². The van der Waals surface area contributed by atoms with E-state index in [9.17, 15) is 14.4 Å². The molecular weight excluding hydrogens is 602 g/mol. The zero-order valence-corrected chi connectivity index (χ0v) is 28.1. The third-order valence-corrected chi connectivity index (χ3v) is 9.55. The molecule has 0 radical (unpaired) electrons. The van der Waals surface area contributed by atoms with Gasteiger partial charge in [0.05, 0.1) is 22.7 Å². The first-order valence-electron chi connectivity index (χ1n) is 16.2.